The summed E-state index contributed by atoms with van der Waals surface area (Å²) in [6.45, 7) is 22.4. The van der Waals surface area contributed by atoms with Crippen molar-refractivity contribution in [1.82, 2.24) is 0 Å². The first kappa shape index (κ1) is 44.9. The van der Waals surface area contributed by atoms with E-state index in [1.54, 1.807) is 0 Å². The number of aromatic nitrogens is 2. The van der Waals surface area contributed by atoms with E-state index in [-0.39, 0.29) is 20.1 Å². The number of benzene rings is 4. The van der Waals surface area contributed by atoms with Gasteiger partial charge in [0.25, 0.3) is 0 Å². The van der Waals surface area contributed by atoms with Crippen LogP contribution in [0.5, 0.6) is 0 Å². The van der Waals surface area contributed by atoms with Gasteiger partial charge in [-0.25, -0.2) is 0 Å². The van der Waals surface area contributed by atoms with E-state index in [2.05, 4.69) is 147 Å². The summed E-state index contributed by atoms with van der Waals surface area (Å²) in [5.41, 5.74) is 18.3. The summed E-state index contributed by atoms with van der Waals surface area (Å²) < 4.78 is 10.3. The van der Waals surface area contributed by atoms with E-state index in [0.717, 1.165) is 67.9 Å². The summed E-state index contributed by atoms with van der Waals surface area (Å²) >= 11 is 0. The van der Waals surface area contributed by atoms with Crippen LogP contribution in [-0.4, -0.2) is 8.07 Å². The molecule has 6 heteroatoms. The van der Waals surface area contributed by atoms with Crippen LogP contribution in [0, 0.1) is 52.1 Å². The largest absolute Gasteiger partial charge is 0.469 e. The third-order valence-corrected chi connectivity index (χ3v) is 15.3. The van der Waals surface area contributed by atoms with E-state index in [1.165, 1.54) is 95.5 Å². The molecule has 0 unspecified atom stereocenters. The third-order valence-electron chi connectivity index (χ3n) is 13.3. The van der Waals surface area contributed by atoms with Gasteiger partial charge in [0.15, 0.2) is 0 Å². The Morgan fingerprint density at radius 2 is 1.45 bits per heavy atom. The van der Waals surface area contributed by atoms with Crippen LogP contribution in [0.15, 0.2) is 95.7 Å². The van der Waals surface area contributed by atoms with Crippen molar-refractivity contribution in [1.29, 1.82) is 5.26 Å². The fourth-order valence-corrected chi connectivity index (χ4v) is 11.7. The Morgan fingerprint density at radius 3 is 2.16 bits per heavy atom. The van der Waals surface area contributed by atoms with Crippen LogP contribution in [0.2, 0.25) is 19.6 Å². The van der Waals surface area contributed by atoms with Gasteiger partial charge in [0.2, 0.25) is 0 Å². The molecule has 0 saturated heterocycles. The fourth-order valence-electron chi connectivity index (χ4n) is 10.0. The molecular weight excluding hydrogens is 951 g/mol. The Labute approximate surface area is 385 Å². The van der Waals surface area contributed by atoms with Gasteiger partial charge in [-0.3, -0.25) is 0 Å². The maximum absolute atomic E-state index is 9.12. The van der Waals surface area contributed by atoms with Crippen molar-refractivity contribution < 1.29 is 33.7 Å². The van der Waals surface area contributed by atoms with Crippen LogP contribution in [0.25, 0.3) is 55.6 Å². The van der Waals surface area contributed by atoms with Crippen molar-refractivity contribution in [2.24, 2.45) is 5.92 Å². The average molecular weight is 1010 g/mol. The summed E-state index contributed by atoms with van der Waals surface area (Å²) in [4.78, 5) is 0. The molecule has 0 spiro atoms. The fraction of sp³-hybridized carbons (Fsp3) is 0.304. The van der Waals surface area contributed by atoms with Gasteiger partial charge in [-0.15, -0.1) is 35.4 Å². The molecule has 1 saturated carbocycles. The summed E-state index contributed by atoms with van der Waals surface area (Å²) in [5.74, 6) is 1.27. The Morgan fingerprint density at radius 1 is 0.758 bits per heavy atom. The molecule has 0 atom stereocenters. The third kappa shape index (κ3) is 9.00. The van der Waals surface area contributed by atoms with Gasteiger partial charge in [-0.05, 0) is 102 Å². The van der Waals surface area contributed by atoms with Crippen molar-refractivity contribution in [3.05, 3.63) is 164 Å². The van der Waals surface area contributed by atoms with Gasteiger partial charge in [0, 0.05) is 45.0 Å². The zero-order valence-electron chi connectivity index (χ0n) is 37.6. The molecule has 0 bridgehead atoms. The van der Waals surface area contributed by atoms with Crippen LogP contribution >= 0.6 is 0 Å². The molecule has 4 nitrogen and oxygen atoms in total. The minimum Gasteiger partial charge on any atom is -0.469 e. The van der Waals surface area contributed by atoms with Gasteiger partial charge >= 0.3 is 0 Å². The molecule has 0 N–H and O–H groups in total. The van der Waals surface area contributed by atoms with E-state index in [0.29, 0.717) is 11.5 Å². The number of pyridine rings is 2. The molecule has 0 amide bonds. The maximum atomic E-state index is 9.12. The van der Waals surface area contributed by atoms with Gasteiger partial charge in [0.05, 0.1) is 43.5 Å². The van der Waals surface area contributed by atoms with Crippen LogP contribution < -0.4 is 14.3 Å². The van der Waals surface area contributed by atoms with Crippen molar-refractivity contribution in [2.45, 2.75) is 104 Å². The Bertz CT molecular complexity index is 2830. The number of rotatable bonds is 7. The standard InChI is InChI=1S/C33H32NO.C23H29N2Si.Ir/c1-20(2)28-18-31(34(5)19-22(28)4)29-17-30-27-14-13-24(16-33(27)35-32(30)15-21(29)3)26-12-8-10-23-9-6-7-11-25(23)26;1-17-12-19(15-24)10-11-21(17)22-14-20(13-18-8-6-7-9-18)23(16-25(22)2)26(3,4)5;/h8,10,12-20H,3,5-7,9,11H2,1-2,4H3;10-12,14,16,18H,1-2,6-9,13H2,3-5H3;/q2*-1;. The Balaban J connectivity index is 0.000000192. The smallest absolute Gasteiger partial charge is 0.134 e. The van der Waals surface area contributed by atoms with Gasteiger partial charge < -0.3 is 13.6 Å². The van der Waals surface area contributed by atoms with Crippen LogP contribution in [0.3, 0.4) is 0 Å². The number of aryl methyl sites for hydroxylation is 2. The molecule has 7 aromatic rings. The van der Waals surface area contributed by atoms with E-state index < -0.39 is 8.07 Å². The molecule has 321 valence electrons. The van der Waals surface area contributed by atoms with Crippen LogP contribution in [0.1, 0.15) is 103 Å². The first-order valence-electron chi connectivity index (χ1n) is 22.3. The summed E-state index contributed by atoms with van der Waals surface area (Å²) in [7, 11) is 7.10. The monoisotopic (exact) mass is 1010 g/mol. The number of fused-ring (bicyclic) bond motifs is 4. The number of furan rings is 1. The molecule has 1 radical (unpaired) electrons. The SMILES string of the molecule is [CH2-]c1cc(C#N)ccc1-c1cc(CC2CCCC2)c([Si](C)(C)C)c[n+]1[CH2-].[CH2-]c1cc2oc3cc(-c4cccc5c4CCCC5)ccc3c2cc1-c1cc(C(C)C)c(C)c[n+]1[CH2-].[Ir]. The molecule has 3 aromatic heterocycles. The number of hydrogen-bond acceptors (Lipinski definition) is 2. The predicted molar refractivity (Wildman–Crippen MR) is 256 cm³/mol. The van der Waals surface area contributed by atoms with Crippen LogP contribution in [-0.2, 0) is 39.4 Å². The molecule has 3 heterocycles. The Kier molecular flexibility index (Phi) is 13.2. The minimum atomic E-state index is -1.45. The summed E-state index contributed by atoms with van der Waals surface area (Å²) in [5, 5.41) is 12.9. The van der Waals surface area contributed by atoms with Crippen molar-refractivity contribution in [2.75, 3.05) is 0 Å². The first-order chi connectivity index (χ1) is 29.2. The first-order valence-corrected chi connectivity index (χ1v) is 25.8. The molecule has 2 aliphatic carbocycles. The topological polar surface area (TPSA) is 44.7 Å². The average Bonchev–Trinajstić information content (AvgIpc) is 3.87. The minimum absolute atomic E-state index is 0. The normalized spacial score (nSPS) is 14.0. The number of nitrogens with zero attached hydrogens (tertiary/aromatic N) is 3. The predicted octanol–water partition coefficient (Wildman–Crippen LogP) is 13.0. The van der Waals surface area contributed by atoms with E-state index in [9.17, 15) is 0 Å². The molecule has 1 fully saturated rings. The molecule has 62 heavy (non-hydrogen) atoms. The summed E-state index contributed by atoms with van der Waals surface area (Å²) in [6, 6.07) is 30.3. The maximum Gasteiger partial charge on any atom is 0.134 e. The second kappa shape index (κ2) is 18.3. The van der Waals surface area contributed by atoms with E-state index in [1.807, 2.05) is 27.3 Å². The molecule has 9 rings (SSSR count). The Hall–Kier alpha value is -5.18. The van der Waals surface area contributed by atoms with Crippen molar-refractivity contribution in [3.8, 4) is 39.7 Å². The van der Waals surface area contributed by atoms with Gasteiger partial charge in [0.1, 0.15) is 5.58 Å². The zero-order valence-corrected chi connectivity index (χ0v) is 41.0. The second-order valence-electron chi connectivity index (χ2n) is 19.0. The number of nitriles is 1. The van der Waals surface area contributed by atoms with Crippen molar-refractivity contribution >= 4 is 35.2 Å². The van der Waals surface area contributed by atoms with Crippen LogP contribution in [0.4, 0.5) is 0 Å². The summed E-state index contributed by atoms with van der Waals surface area (Å²) in [6.07, 6.45) is 15.9. The van der Waals surface area contributed by atoms with E-state index in [4.69, 9.17) is 9.68 Å². The quantitative estimate of drug-likeness (QED) is 0.0907. The second-order valence-corrected chi connectivity index (χ2v) is 24.1. The van der Waals surface area contributed by atoms with Gasteiger partial charge in [-0.1, -0.05) is 113 Å². The van der Waals surface area contributed by atoms with Crippen molar-refractivity contribution in [3.63, 3.8) is 0 Å². The molecule has 2 aliphatic rings. The number of hydrogen-bond donors (Lipinski definition) is 0. The molecule has 4 aromatic carbocycles. The molecular formula is C56H61IrN3OSi-2. The molecule has 0 aliphatic heterocycles. The zero-order chi connectivity index (χ0) is 43.2. The van der Waals surface area contributed by atoms with E-state index >= 15 is 0 Å². The van der Waals surface area contributed by atoms with Gasteiger partial charge in [-0.2, -0.15) is 30.2 Å².